The van der Waals surface area contributed by atoms with Crippen LogP contribution in [0.3, 0.4) is 0 Å². The lowest BCUT2D eigenvalue weighted by Crippen LogP contribution is -2.57. The molecule has 1 amide bonds. The van der Waals surface area contributed by atoms with E-state index in [9.17, 15) is 4.79 Å². The average Bonchev–Trinajstić information content (AvgIpc) is 2.88. The first-order valence-corrected chi connectivity index (χ1v) is 13.1. The van der Waals surface area contributed by atoms with Gasteiger partial charge in [0, 0.05) is 50.4 Å². The van der Waals surface area contributed by atoms with Gasteiger partial charge in [-0.15, -0.1) is 6.58 Å². The highest BCUT2D eigenvalue weighted by Gasteiger charge is 2.34. The van der Waals surface area contributed by atoms with Crippen molar-refractivity contribution in [3.8, 4) is 5.75 Å². The van der Waals surface area contributed by atoms with Crippen LogP contribution in [0.1, 0.15) is 68.1 Å². The van der Waals surface area contributed by atoms with Gasteiger partial charge in [0.25, 0.3) is 5.91 Å². The highest BCUT2D eigenvalue weighted by Crippen LogP contribution is 2.35. The van der Waals surface area contributed by atoms with Gasteiger partial charge in [0.2, 0.25) is 0 Å². The minimum absolute atomic E-state index is 0.0833. The standard InChI is InChI=1S/C30H43N3O2/c1-7-10-19-31(9-3)30(34)26-16-14-25(15-17-26)29(27-12-11-13-28(20-27)35-6)33-22-23(4)32(18-8-2)21-24(33)5/h8,11-17,20,23-24,29H,2,7,9-10,18-19,21-22H2,1,3-6H3/t23-,24+,29-/m1/s1. The predicted molar refractivity (Wildman–Crippen MR) is 145 cm³/mol. The molecule has 5 nitrogen and oxygen atoms in total. The quantitative estimate of drug-likeness (QED) is 0.393. The fraction of sp³-hybridized carbons (Fsp3) is 0.500. The third-order valence-electron chi connectivity index (χ3n) is 7.19. The van der Waals surface area contributed by atoms with Crippen LogP contribution >= 0.6 is 0 Å². The molecule has 3 atom stereocenters. The van der Waals surface area contributed by atoms with Crippen molar-refractivity contribution in [3.05, 3.63) is 77.9 Å². The van der Waals surface area contributed by atoms with Crippen molar-refractivity contribution in [3.63, 3.8) is 0 Å². The number of carbonyl (C=O) groups excluding carboxylic acids is 1. The maximum absolute atomic E-state index is 13.1. The number of piperazine rings is 1. The van der Waals surface area contributed by atoms with Crippen LogP contribution in [-0.4, -0.2) is 72.5 Å². The molecule has 1 fully saturated rings. The molecular weight excluding hydrogens is 434 g/mol. The average molecular weight is 478 g/mol. The molecule has 35 heavy (non-hydrogen) atoms. The van der Waals surface area contributed by atoms with Crippen LogP contribution < -0.4 is 4.74 Å². The Bertz CT molecular complexity index is 958. The Morgan fingerprint density at radius 3 is 2.49 bits per heavy atom. The van der Waals surface area contributed by atoms with Gasteiger partial charge in [0.15, 0.2) is 0 Å². The molecule has 3 rings (SSSR count). The predicted octanol–water partition coefficient (Wildman–Crippen LogP) is 5.63. The lowest BCUT2D eigenvalue weighted by molar-refractivity contribution is 0.0306. The van der Waals surface area contributed by atoms with Crippen molar-refractivity contribution in [2.24, 2.45) is 0 Å². The van der Waals surface area contributed by atoms with E-state index in [0.29, 0.717) is 12.1 Å². The largest absolute Gasteiger partial charge is 0.497 e. The van der Waals surface area contributed by atoms with Crippen LogP contribution in [0.5, 0.6) is 5.75 Å². The highest BCUT2D eigenvalue weighted by atomic mass is 16.5. The number of ether oxygens (including phenoxy) is 1. The zero-order chi connectivity index (χ0) is 25.4. The van der Waals surface area contributed by atoms with E-state index in [1.54, 1.807) is 7.11 Å². The van der Waals surface area contributed by atoms with Crippen molar-refractivity contribution >= 4 is 5.91 Å². The second kappa shape index (κ2) is 12.9. The molecule has 1 saturated heterocycles. The Hall–Kier alpha value is -2.63. The molecule has 0 spiro atoms. The summed E-state index contributed by atoms with van der Waals surface area (Å²) in [6.45, 7) is 17.1. The fourth-order valence-electron chi connectivity index (χ4n) is 5.13. The number of carbonyl (C=O) groups is 1. The summed E-state index contributed by atoms with van der Waals surface area (Å²) in [6.07, 6.45) is 4.11. The summed E-state index contributed by atoms with van der Waals surface area (Å²) in [5, 5.41) is 0. The second-order valence-electron chi connectivity index (χ2n) is 9.68. The topological polar surface area (TPSA) is 36.0 Å². The summed E-state index contributed by atoms with van der Waals surface area (Å²) >= 11 is 0. The SMILES string of the molecule is C=CCN1C[C@H](C)N([C@H](c2ccc(C(=O)N(CC)CCCC)cc2)c2cccc(OC)c2)C[C@H]1C. The number of hydrogen-bond donors (Lipinski definition) is 0. The maximum Gasteiger partial charge on any atom is 0.253 e. The summed E-state index contributed by atoms with van der Waals surface area (Å²) < 4.78 is 5.56. The first-order chi connectivity index (χ1) is 16.9. The molecule has 0 aliphatic carbocycles. The minimum Gasteiger partial charge on any atom is -0.497 e. The molecule has 5 heteroatoms. The van der Waals surface area contributed by atoms with Gasteiger partial charge >= 0.3 is 0 Å². The van der Waals surface area contributed by atoms with Gasteiger partial charge in [-0.25, -0.2) is 0 Å². The molecule has 0 radical (unpaired) electrons. The fourth-order valence-corrected chi connectivity index (χ4v) is 5.13. The van der Waals surface area contributed by atoms with Crippen molar-refractivity contribution in [1.29, 1.82) is 0 Å². The molecule has 1 aliphatic heterocycles. The van der Waals surface area contributed by atoms with Gasteiger partial charge in [-0.2, -0.15) is 0 Å². The van der Waals surface area contributed by atoms with E-state index in [0.717, 1.165) is 56.9 Å². The molecule has 2 aromatic rings. The van der Waals surface area contributed by atoms with E-state index < -0.39 is 0 Å². The van der Waals surface area contributed by atoms with E-state index in [1.807, 2.05) is 29.2 Å². The second-order valence-corrected chi connectivity index (χ2v) is 9.68. The van der Waals surface area contributed by atoms with E-state index in [-0.39, 0.29) is 11.9 Å². The smallest absolute Gasteiger partial charge is 0.253 e. The molecule has 0 bridgehead atoms. The molecular formula is C30H43N3O2. The van der Waals surface area contributed by atoms with Gasteiger partial charge in [0.05, 0.1) is 13.2 Å². The Balaban J connectivity index is 1.94. The molecule has 0 unspecified atom stereocenters. The maximum atomic E-state index is 13.1. The van der Waals surface area contributed by atoms with Crippen molar-refractivity contribution in [2.45, 2.75) is 58.7 Å². The number of rotatable bonds is 11. The van der Waals surface area contributed by atoms with Crippen LogP contribution in [0.15, 0.2) is 61.2 Å². The Kier molecular flexibility index (Phi) is 9.93. The van der Waals surface area contributed by atoms with Crippen LogP contribution in [0.2, 0.25) is 0 Å². The number of methoxy groups -OCH3 is 1. The van der Waals surface area contributed by atoms with Crippen LogP contribution in [-0.2, 0) is 0 Å². The summed E-state index contributed by atoms with van der Waals surface area (Å²) in [4.78, 5) is 20.1. The molecule has 1 heterocycles. The number of unbranched alkanes of at least 4 members (excludes halogenated alkanes) is 1. The summed E-state index contributed by atoms with van der Waals surface area (Å²) in [5.74, 6) is 0.977. The number of benzene rings is 2. The van der Waals surface area contributed by atoms with Crippen molar-refractivity contribution < 1.29 is 9.53 Å². The van der Waals surface area contributed by atoms with Crippen molar-refractivity contribution in [1.82, 2.24) is 14.7 Å². The van der Waals surface area contributed by atoms with Crippen LogP contribution in [0.4, 0.5) is 0 Å². The molecule has 1 aliphatic rings. The minimum atomic E-state index is 0.0833. The van der Waals surface area contributed by atoms with Crippen LogP contribution in [0.25, 0.3) is 0 Å². The van der Waals surface area contributed by atoms with Crippen molar-refractivity contribution in [2.75, 3.05) is 39.8 Å². The van der Waals surface area contributed by atoms with Crippen LogP contribution in [0, 0.1) is 0 Å². The van der Waals surface area contributed by atoms with E-state index in [4.69, 9.17) is 4.74 Å². The molecule has 2 aromatic carbocycles. The first kappa shape index (κ1) is 27.0. The van der Waals surface area contributed by atoms with Gasteiger partial charge in [-0.05, 0) is 62.6 Å². The third kappa shape index (κ3) is 6.53. The van der Waals surface area contributed by atoms with E-state index >= 15 is 0 Å². The molecule has 0 N–H and O–H groups in total. The van der Waals surface area contributed by atoms with Gasteiger partial charge in [0.1, 0.15) is 5.75 Å². The Morgan fingerprint density at radius 1 is 1.11 bits per heavy atom. The van der Waals surface area contributed by atoms with Gasteiger partial charge < -0.3 is 9.64 Å². The van der Waals surface area contributed by atoms with E-state index in [2.05, 4.69) is 74.4 Å². The lowest BCUT2D eigenvalue weighted by Gasteiger charge is -2.47. The Labute approximate surface area is 212 Å². The van der Waals surface area contributed by atoms with Gasteiger partial charge in [-0.1, -0.05) is 43.7 Å². The summed E-state index contributed by atoms with van der Waals surface area (Å²) in [5.41, 5.74) is 3.16. The third-order valence-corrected chi connectivity index (χ3v) is 7.19. The monoisotopic (exact) mass is 477 g/mol. The number of amides is 1. The molecule has 190 valence electrons. The lowest BCUT2D eigenvalue weighted by atomic mass is 9.92. The zero-order valence-corrected chi connectivity index (χ0v) is 22.2. The molecule has 0 saturated carbocycles. The molecule has 0 aromatic heterocycles. The Morgan fingerprint density at radius 2 is 1.86 bits per heavy atom. The summed E-state index contributed by atoms with van der Waals surface area (Å²) in [7, 11) is 1.71. The highest BCUT2D eigenvalue weighted by molar-refractivity contribution is 5.94. The number of hydrogen-bond acceptors (Lipinski definition) is 4. The normalized spacial score (nSPS) is 19.8. The summed E-state index contributed by atoms with van der Waals surface area (Å²) in [6, 6.07) is 17.5. The van der Waals surface area contributed by atoms with Gasteiger partial charge in [-0.3, -0.25) is 14.6 Å². The van der Waals surface area contributed by atoms with E-state index in [1.165, 1.54) is 11.1 Å². The first-order valence-electron chi connectivity index (χ1n) is 13.1. The zero-order valence-electron chi connectivity index (χ0n) is 22.2. The number of nitrogens with zero attached hydrogens (tertiary/aromatic N) is 3.